The van der Waals surface area contributed by atoms with Crippen LogP contribution in [0.15, 0.2) is 0 Å². The van der Waals surface area contributed by atoms with Gasteiger partial charge in [-0.3, -0.25) is 0 Å². The van der Waals surface area contributed by atoms with Crippen LogP contribution in [0.25, 0.3) is 0 Å². The summed E-state index contributed by atoms with van der Waals surface area (Å²) in [6, 6.07) is 0.781. The van der Waals surface area contributed by atoms with Crippen LogP contribution in [0.1, 0.15) is 39.0 Å². The average Bonchev–Trinajstić information content (AvgIpc) is 2.17. The van der Waals surface area contributed by atoms with E-state index in [0.29, 0.717) is 18.5 Å². The molecule has 0 amide bonds. The molecule has 2 aliphatic rings. The molecule has 14 heavy (non-hydrogen) atoms. The van der Waals surface area contributed by atoms with Crippen molar-refractivity contribution in [3.8, 4) is 12.3 Å². The van der Waals surface area contributed by atoms with Gasteiger partial charge >= 0.3 is 0 Å². The standard InChI is InChI=1S/C12H19NO/c1-3-12(14)8-9(2)13-11-7-5-4-6-10(11)12/h1,9-11,13-14H,4-8H2,2H3/t9-,10+,11+,12+/m1/s1. The Bertz CT molecular complexity index is 258. The minimum atomic E-state index is -0.851. The number of nitrogens with one attached hydrogen (secondary N) is 1. The highest BCUT2D eigenvalue weighted by atomic mass is 16.3. The summed E-state index contributed by atoms with van der Waals surface area (Å²) in [7, 11) is 0. The van der Waals surface area contributed by atoms with Gasteiger partial charge in [0.15, 0.2) is 0 Å². The molecule has 1 aliphatic carbocycles. The predicted molar refractivity (Wildman–Crippen MR) is 56.7 cm³/mol. The molecule has 0 bridgehead atoms. The number of rotatable bonds is 0. The first-order valence-electron chi connectivity index (χ1n) is 5.62. The summed E-state index contributed by atoms with van der Waals surface area (Å²) in [5, 5.41) is 13.9. The summed E-state index contributed by atoms with van der Waals surface area (Å²) in [6.45, 7) is 2.10. The maximum atomic E-state index is 10.4. The highest BCUT2D eigenvalue weighted by molar-refractivity contribution is 5.16. The summed E-state index contributed by atoms with van der Waals surface area (Å²) >= 11 is 0. The van der Waals surface area contributed by atoms with Crippen molar-refractivity contribution < 1.29 is 5.11 Å². The highest BCUT2D eigenvalue weighted by Gasteiger charge is 2.45. The molecule has 78 valence electrons. The maximum absolute atomic E-state index is 10.4. The fourth-order valence-electron chi connectivity index (χ4n) is 3.11. The van der Waals surface area contributed by atoms with Crippen LogP contribution in [0.2, 0.25) is 0 Å². The minimum absolute atomic E-state index is 0.275. The van der Waals surface area contributed by atoms with Crippen LogP contribution in [0.4, 0.5) is 0 Å². The minimum Gasteiger partial charge on any atom is -0.377 e. The topological polar surface area (TPSA) is 32.3 Å². The maximum Gasteiger partial charge on any atom is 0.130 e. The van der Waals surface area contributed by atoms with E-state index in [1.165, 1.54) is 19.3 Å². The van der Waals surface area contributed by atoms with Crippen molar-refractivity contribution >= 4 is 0 Å². The first kappa shape index (κ1) is 10.0. The van der Waals surface area contributed by atoms with E-state index in [9.17, 15) is 5.11 Å². The second kappa shape index (κ2) is 3.56. The lowest BCUT2D eigenvalue weighted by atomic mass is 9.69. The summed E-state index contributed by atoms with van der Waals surface area (Å²) < 4.78 is 0. The molecule has 0 aromatic carbocycles. The molecule has 4 atom stereocenters. The van der Waals surface area contributed by atoms with E-state index < -0.39 is 5.60 Å². The molecule has 1 heterocycles. The van der Waals surface area contributed by atoms with Crippen molar-refractivity contribution in [3.05, 3.63) is 0 Å². The molecule has 1 saturated heterocycles. The van der Waals surface area contributed by atoms with Gasteiger partial charge in [0.1, 0.15) is 5.60 Å². The van der Waals surface area contributed by atoms with E-state index in [-0.39, 0.29) is 5.92 Å². The van der Waals surface area contributed by atoms with E-state index in [1.807, 2.05) is 0 Å². The average molecular weight is 193 g/mol. The third-order valence-corrected chi connectivity index (χ3v) is 3.75. The summed E-state index contributed by atoms with van der Waals surface area (Å²) in [5.74, 6) is 2.90. The van der Waals surface area contributed by atoms with Gasteiger partial charge in [0.05, 0.1) is 0 Å². The molecule has 2 fully saturated rings. The second-order valence-electron chi connectivity index (χ2n) is 4.84. The van der Waals surface area contributed by atoms with Gasteiger partial charge in [0.25, 0.3) is 0 Å². The van der Waals surface area contributed by atoms with Gasteiger partial charge in [-0.25, -0.2) is 0 Å². The van der Waals surface area contributed by atoms with Crippen LogP contribution in [0.3, 0.4) is 0 Å². The van der Waals surface area contributed by atoms with Crippen molar-refractivity contribution in [1.29, 1.82) is 0 Å². The van der Waals surface area contributed by atoms with Crippen molar-refractivity contribution in [2.75, 3.05) is 0 Å². The van der Waals surface area contributed by atoms with E-state index in [1.54, 1.807) is 0 Å². The number of aliphatic hydroxyl groups is 1. The predicted octanol–water partition coefficient (Wildman–Crippen LogP) is 1.29. The molecule has 2 rings (SSSR count). The molecule has 0 aromatic rings. The lowest BCUT2D eigenvalue weighted by Gasteiger charge is -2.47. The Labute approximate surface area is 86.1 Å². The monoisotopic (exact) mass is 193 g/mol. The molecular formula is C12H19NO. The van der Waals surface area contributed by atoms with E-state index in [4.69, 9.17) is 6.42 Å². The van der Waals surface area contributed by atoms with Crippen molar-refractivity contribution in [2.45, 2.75) is 56.7 Å². The summed E-state index contributed by atoms with van der Waals surface area (Å²) in [5.41, 5.74) is -0.851. The van der Waals surface area contributed by atoms with E-state index >= 15 is 0 Å². The molecule has 0 aromatic heterocycles. The van der Waals surface area contributed by atoms with Gasteiger partial charge in [-0.1, -0.05) is 18.8 Å². The van der Waals surface area contributed by atoms with E-state index in [2.05, 4.69) is 18.2 Å². The Morgan fingerprint density at radius 2 is 2.14 bits per heavy atom. The second-order valence-corrected chi connectivity index (χ2v) is 4.84. The zero-order valence-electron chi connectivity index (χ0n) is 8.79. The largest absolute Gasteiger partial charge is 0.377 e. The quantitative estimate of drug-likeness (QED) is 0.568. The Balaban J connectivity index is 2.20. The van der Waals surface area contributed by atoms with Gasteiger partial charge < -0.3 is 10.4 Å². The lowest BCUT2D eigenvalue weighted by molar-refractivity contribution is -0.0384. The number of hydrogen-bond donors (Lipinski definition) is 2. The molecule has 0 spiro atoms. The van der Waals surface area contributed by atoms with Crippen molar-refractivity contribution in [1.82, 2.24) is 5.32 Å². The molecule has 2 N–H and O–H groups in total. The normalized spacial score (nSPS) is 47.9. The van der Waals surface area contributed by atoms with Crippen LogP contribution in [-0.2, 0) is 0 Å². The smallest absolute Gasteiger partial charge is 0.130 e. The van der Waals surface area contributed by atoms with Gasteiger partial charge in [-0.05, 0) is 19.8 Å². The van der Waals surface area contributed by atoms with E-state index in [0.717, 1.165) is 6.42 Å². The molecule has 0 radical (unpaired) electrons. The van der Waals surface area contributed by atoms with Gasteiger partial charge in [0.2, 0.25) is 0 Å². The van der Waals surface area contributed by atoms with Gasteiger partial charge in [-0.2, -0.15) is 0 Å². The van der Waals surface area contributed by atoms with Crippen LogP contribution in [-0.4, -0.2) is 22.8 Å². The van der Waals surface area contributed by atoms with Crippen molar-refractivity contribution in [3.63, 3.8) is 0 Å². The Morgan fingerprint density at radius 3 is 2.86 bits per heavy atom. The molecule has 0 unspecified atom stereocenters. The highest BCUT2D eigenvalue weighted by Crippen LogP contribution is 2.38. The Hall–Kier alpha value is -0.520. The number of hydrogen-bond acceptors (Lipinski definition) is 2. The van der Waals surface area contributed by atoms with Crippen molar-refractivity contribution in [2.24, 2.45) is 5.92 Å². The number of terminal acetylenes is 1. The Morgan fingerprint density at radius 1 is 1.43 bits per heavy atom. The molecule has 1 saturated carbocycles. The fourth-order valence-corrected chi connectivity index (χ4v) is 3.11. The van der Waals surface area contributed by atoms with Crippen LogP contribution in [0.5, 0.6) is 0 Å². The number of piperidine rings is 1. The molecule has 2 heteroatoms. The zero-order chi connectivity index (χ0) is 10.2. The van der Waals surface area contributed by atoms with Crippen LogP contribution in [0, 0.1) is 18.3 Å². The first-order valence-corrected chi connectivity index (χ1v) is 5.62. The SMILES string of the molecule is C#C[C@]1(O)C[C@@H](C)N[C@H]2CCCC[C@@H]21. The summed E-state index contributed by atoms with van der Waals surface area (Å²) in [4.78, 5) is 0. The van der Waals surface area contributed by atoms with Crippen LogP contribution < -0.4 is 5.32 Å². The fraction of sp³-hybridized carbons (Fsp3) is 0.833. The van der Waals surface area contributed by atoms with Crippen LogP contribution >= 0.6 is 0 Å². The third-order valence-electron chi connectivity index (χ3n) is 3.75. The number of fused-ring (bicyclic) bond motifs is 1. The third kappa shape index (κ3) is 1.55. The van der Waals surface area contributed by atoms with Gasteiger partial charge in [0, 0.05) is 24.4 Å². The lowest BCUT2D eigenvalue weighted by Crippen LogP contribution is -2.59. The first-order chi connectivity index (χ1) is 6.65. The zero-order valence-corrected chi connectivity index (χ0v) is 8.79. The van der Waals surface area contributed by atoms with Gasteiger partial charge in [-0.15, -0.1) is 6.42 Å². The molecular weight excluding hydrogens is 174 g/mol. The molecule has 2 nitrogen and oxygen atoms in total. The molecule has 1 aliphatic heterocycles. The summed E-state index contributed by atoms with van der Waals surface area (Å²) in [6.07, 6.45) is 10.9. The Kier molecular flexibility index (Phi) is 2.55.